The molecule has 0 atom stereocenters. The Bertz CT molecular complexity index is 256. The van der Waals surface area contributed by atoms with Gasteiger partial charge >= 0.3 is 0 Å². The quantitative estimate of drug-likeness (QED) is 0.281. The number of hydrogen-bond acceptors (Lipinski definition) is 2. The van der Waals surface area contributed by atoms with Gasteiger partial charge in [0.05, 0.1) is 0 Å². The van der Waals surface area contributed by atoms with Crippen molar-refractivity contribution in [3.8, 4) is 0 Å². The standard InChI is InChI=1S/C10H16N2O2/c1-6-7-8(9(13)11(2)3)10(14)12(4)5/h6-7H,1H2,2-5H3. The molecule has 0 fully saturated rings. The van der Waals surface area contributed by atoms with Crippen LogP contribution in [0, 0.1) is 0 Å². The fraction of sp³-hybridized carbons (Fsp3) is 0.400. The number of amides is 2. The van der Waals surface area contributed by atoms with Crippen molar-refractivity contribution in [2.75, 3.05) is 28.2 Å². The summed E-state index contributed by atoms with van der Waals surface area (Å²) in [6, 6.07) is 0. The Hall–Kier alpha value is -1.58. The third kappa shape index (κ3) is 3.05. The summed E-state index contributed by atoms with van der Waals surface area (Å²) in [6.07, 6.45) is 2.85. The number of hydrogen-bond donors (Lipinski definition) is 0. The van der Waals surface area contributed by atoms with Gasteiger partial charge in [-0.05, 0) is 6.08 Å². The molecule has 0 rings (SSSR count). The van der Waals surface area contributed by atoms with E-state index < -0.39 is 0 Å². The van der Waals surface area contributed by atoms with Gasteiger partial charge in [0, 0.05) is 28.2 Å². The van der Waals surface area contributed by atoms with E-state index in [4.69, 9.17) is 0 Å². The second-order valence-electron chi connectivity index (χ2n) is 3.22. The zero-order valence-corrected chi connectivity index (χ0v) is 9.07. The van der Waals surface area contributed by atoms with E-state index in [0.717, 1.165) is 0 Å². The number of nitrogens with zero attached hydrogens (tertiary/aromatic N) is 2. The lowest BCUT2D eigenvalue weighted by Crippen LogP contribution is -2.33. The molecule has 4 nitrogen and oxygen atoms in total. The van der Waals surface area contributed by atoms with E-state index in [9.17, 15) is 9.59 Å². The van der Waals surface area contributed by atoms with Crippen LogP contribution in [0.15, 0.2) is 24.3 Å². The van der Waals surface area contributed by atoms with Crippen LogP contribution in [0.5, 0.6) is 0 Å². The van der Waals surface area contributed by atoms with Crippen LogP contribution in [0.25, 0.3) is 0 Å². The number of rotatable bonds is 3. The van der Waals surface area contributed by atoms with Crippen molar-refractivity contribution in [3.63, 3.8) is 0 Å². The third-order valence-electron chi connectivity index (χ3n) is 1.56. The molecule has 0 heterocycles. The molecule has 14 heavy (non-hydrogen) atoms. The van der Waals surface area contributed by atoms with E-state index in [1.165, 1.54) is 22.0 Å². The van der Waals surface area contributed by atoms with Gasteiger partial charge in [0.2, 0.25) is 0 Å². The lowest BCUT2D eigenvalue weighted by molar-refractivity contribution is -0.131. The molecule has 0 aliphatic rings. The molecule has 0 aromatic heterocycles. The van der Waals surface area contributed by atoms with Crippen molar-refractivity contribution in [1.82, 2.24) is 9.80 Å². The molecule has 0 aliphatic carbocycles. The van der Waals surface area contributed by atoms with Crippen LogP contribution in [0.1, 0.15) is 0 Å². The monoisotopic (exact) mass is 196 g/mol. The summed E-state index contributed by atoms with van der Waals surface area (Å²) < 4.78 is 0. The smallest absolute Gasteiger partial charge is 0.258 e. The predicted octanol–water partition coefficient (Wildman–Crippen LogP) is 0.275. The van der Waals surface area contributed by atoms with Crippen molar-refractivity contribution < 1.29 is 9.59 Å². The van der Waals surface area contributed by atoms with Crippen molar-refractivity contribution in [2.24, 2.45) is 0 Å². The number of allylic oxidation sites excluding steroid dienone is 2. The highest BCUT2D eigenvalue weighted by Gasteiger charge is 2.20. The SMILES string of the molecule is C=CC=C(C(=O)N(C)C)C(=O)N(C)C. The zero-order chi connectivity index (χ0) is 11.3. The topological polar surface area (TPSA) is 40.6 Å². The van der Waals surface area contributed by atoms with Crippen molar-refractivity contribution >= 4 is 11.8 Å². The van der Waals surface area contributed by atoms with Crippen LogP contribution in [0.2, 0.25) is 0 Å². The fourth-order valence-corrected chi connectivity index (χ4v) is 0.834. The van der Waals surface area contributed by atoms with Gasteiger partial charge in [0.1, 0.15) is 5.57 Å². The minimum Gasteiger partial charge on any atom is -0.345 e. The largest absolute Gasteiger partial charge is 0.345 e. The van der Waals surface area contributed by atoms with Gasteiger partial charge in [0.25, 0.3) is 11.8 Å². The predicted molar refractivity (Wildman–Crippen MR) is 55.7 cm³/mol. The maximum Gasteiger partial charge on any atom is 0.258 e. The molecular formula is C10H16N2O2. The van der Waals surface area contributed by atoms with E-state index >= 15 is 0 Å². The Morgan fingerprint density at radius 1 is 1.00 bits per heavy atom. The van der Waals surface area contributed by atoms with Crippen molar-refractivity contribution in [1.29, 1.82) is 0 Å². The molecule has 0 saturated carbocycles. The van der Waals surface area contributed by atoms with Crippen molar-refractivity contribution in [3.05, 3.63) is 24.3 Å². The third-order valence-corrected chi connectivity index (χ3v) is 1.56. The van der Waals surface area contributed by atoms with Gasteiger partial charge in [0.15, 0.2) is 0 Å². The summed E-state index contributed by atoms with van der Waals surface area (Å²) in [7, 11) is 6.40. The minimum absolute atomic E-state index is 0.120. The fourth-order valence-electron chi connectivity index (χ4n) is 0.834. The van der Waals surface area contributed by atoms with Crippen LogP contribution in [-0.4, -0.2) is 49.8 Å². The Labute approximate surface area is 84.5 Å². The van der Waals surface area contributed by atoms with E-state index in [-0.39, 0.29) is 17.4 Å². The molecule has 0 spiro atoms. The molecule has 78 valence electrons. The van der Waals surface area contributed by atoms with Gasteiger partial charge in [-0.2, -0.15) is 0 Å². The molecule has 0 unspecified atom stereocenters. The molecule has 0 aromatic carbocycles. The van der Waals surface area contributed by atoms with E-state index in [0.29, 0.717) is 0 Å². The molecule has 0 aromatic rings. The van der Waals surface area contributed by atoms with Gasteiger partial charge in [-0.1, -0.05) is 12.7 Å². The minimum atomic E-state index is -0.316. The van der Waals surface area contributed by atoms with E-state index in [2.05, 4.69) is 6.58 Å². The second-order valence-corrected chi connectivity index (χ2v) is 3.22. The Balaban J connectivity index is 4.98. The van der Waals surface area contributed by atoms with Crippen LogP contribution in [0.3, 0.4) is 0 Å². The summed E-state index contributed by atoms with van der Waals surface area (Å²) in [5.74, 6) is -0.632. The lowest BCUT2D eigenvalue weighted by Gasteiger charge is -2.16. The molecule has 0 aliphatic heterocycles. The maximum atomic E-state index is 11.5. The summed E-state index contributed by atoms with van der Waals surface area (Å²) in [5.41, 5.74) is 0.120. The highest BCUT2D eigenvalue weighted by molar-refractivity contribution is 6.18. The molecule has 0 saturated heterocycles. The van der Waals surface area contributed by atoms with Crippen LogP contribution in [0.4, 0.5) is 0 Å². The van der Waals surface area contributed by atoms with Gasteiger partial charge in [-0.25, -0.2) is 0 Å². The second kappa shape index (κ2) is 5.21. The van der Waals surface area contributed by atoms with Gasteiger partial charge < -0.3 is 9.80 Å². The molecule has 4 heteroatoms. The zero-order valence-electron chi connectivity index (χ0n) is 9.07. The van der Waals surface area contributed by atoms with Crippen LogP contribution >= 0.6 is 0 Å². The highest BCUT2D eigenvalue weighted by Crippen LogP contribution is 2.03. The van der Waals surface area contributed by atoms with E-state index in [1.807, 2.05) is 0 Å². The number of likely N-dealkylation sites (N-methyl/N-ethyl adjacent to an activating group) is 2. The van der Waals surface area contributed by atoms with Crippen molar-refractivity contribution in [2.45, 2.75) is 0 Å². The van der Waals surface area contributed by atoms with Crippen LogP contribution < -0.4 is 0 Å². The first-order chi connectivity index (χ1) is 6.41. The molecule has 0 N–H and O–H groups in total. The first-order valence-electron chi connectivity index (χ1n) is 4.17. The Morgan fingerprint density at radius 3 is 1.57 bits per heavy atom. The number of carbonyl (C=O) groups excluding carboxylic acids is 2. The molecule has 0 radical (unpaired) electrons. The average Bonchev–Trinajstić information content (AvgIpc) is 2.11. The van der Waals surface area contributed by atoms with Gasteiger partial charge in [-0.3, -0.25) is 9.59 Å². The summed E-state index contributed by atoms with van der Waals surface area (Å²) >= 11 is 0. The average molecular weight is 196 g/mol. The van der Waals surface area contributed by atoms with E-state index in [1.54, 1.807) is 28.2 Å². The first-order valence-corrected chi connectivity index (χ1v) is 4.17. The summed E-state index contributed by atoms with van der Waals surface area (Å²) in [5, 5.41) is 0. The summed E-state index contributed by atoms with van der Waals surface area (Å²) in [6.45, 7) is 3.47. The van der Waals surface area contributed by atoms with Crippen LogP contribution in [-0.2, 0) is 9.59 Å². The molecule has 2 amide bonds. The Kier molecular flexibility index (Phi) is 4.63. The molecule has 0 bridgehead atoms. The van der Waals surface area contributed by atoms with Gasteiger partial charge in [-0.15, -0.1) is 0 Å². The number of carbonyl (C=O) groups is 2. The lowest BCUT2D eigenvalue weighted by atomic mass is 10.2. The maximum absolute atomic E-state index is 11.5. The highest BCUT2D eigenvalue weighted by atomic mass is 16.2. The summed E-state index contributed by atoms with van der Waals surface area (Å²) in [4.78, 5) is 25.8. The molecular weight excluding hydrogens is 180 g/mol. The normalized spacial score (nSPS) is 8.86. The first kappa shape index (κ1) is 12.4. The Morgan fingerprint density at radius 2 is 1.36 bits per heavy atom.